The Morgan fingerprint density at radius 1 is 1.15 bits per heavy atom. The van der Waals surface area contributed by atoms with Crippen LogP contribution in [0.2, 0.25) is 0 Å². The van der Waals surface area contributed by atoms with Crippen molar-refractivity contribution >= 4 is 88.3 Å². The molecule has 0 bridgehead atoms. The van der Waals surface area contributed by atoms with Gasteiger partial charge in [0.1, 0.15) is 5.75 Å². The van der Waals surface area contributed by atoms with E-state index in [-0.39, 0.29) is 5.70 Å². The lowest BCUT2D eigenvalue weighted by atomic mass is 10.2. The maximum Gasteiger partial charge on any atom is 0.363 e. The van der Waals surface area contributed by atoms with E-state index in [0.29, 0.717) is 12.5 Å². The molecule has 8 heteroatoms. The molecule has 0 spiro atoms. The number of esters is 1. The molecule has 0 amide bonds. The van der Waals surface area contributed by atoms with Gasteiger partial charge in [-0.1, -0.05) is 6.92 Å². The van der Waals surface area contributed by atoms with Gasteiger partial charge in [-0.05, 0) is 119 Å². The number of halogens is 4. The summed E-state index contributed by atoms with van der Waals surface area (Å²) >= 11 is 12.7. The third-order valence-electron chi connectivity index (χ3n) is 3.56. The summed E-state index contributed by atoms with van der Waals surface area (Å²) in [5.74, 6) is 0.559. The zero-order chi connectivity index (χ0) is 19.6. The standard InChI is InChI=1S/C19H13Br3INO3/c1-2-5-26-17-13(21)6-10(7-14(17)22)8-16-19(25)27-18(24-16)11-3-4-15(23)12(20)9-11/h3-4,6-9H,2,5H2,1H3/b16-8-. The van der Waals surface area contributed by atoms with E-state index in [1.807, 2.05) is 37.3 Å². The van der Waals surface area contributed by atoms with E-state index in [4.69, 9.17) is 9.47 Å². The van der Waals surface area contributed by atoms with Crippen LogP contribution < -0.4 is 4.74 Å². The second-order valence-electron chi connectivity index (χ2n) is 5.63. The Morgan fingerprint density at radius 2 is 1.85 bits per heavy atom. The van der Waals surface area contributed by atoms with Crippen molar-refractivity contribution in [2.45, 2.75) is 13.3 Å². The van der Waals surface area contributed by atoms with Gasteiger partial charge in [0.05, 0.1) is 15.6 Å². The fourth-order valence-electron chi connectivity index (χ4n) is 2.32. The molecule has 0 N–H and O–H groups in total. The first-order valence-electron chi connectivity index (χ1n) is 7.99. The van der Waals surface area contributed by atoms with Gasteiger partial charge in [-0.2, -0.15) is 0 Å². The second kappa shape index (κ2) is 9.19. The summed E-state index contributed by atoms with van der Waals surface area (Å²) in [6.45, 7) is 2.68. The summed E-state index contributed by atoms with van der Waals surface area (Å²) in [7, 11) is 0. The predicted octanol–water partition coefficient (Wildman–Crippen LogP) is 6.71. The number of carbonyl (C=O) groups excluding carboxylic acids is 1. The molecule has 0 saturated carbocycles. The number of cyclic esters (lactones) is 1. The topological polar surface area (TPSA) is 47.9 Å². The van der Waals surface area contributed by atoms with E-state index < -0.39 is 5.97 Å². The number of ether oxygens (including phenoxy) is 2. The van der Waals surface area contributed by atoms with Crippen molar-refractivity contribution in [1.29, 1.82) is 0 Å². The first-order chi connectivity index (χ1) is 12.9. The number of hydrogen-bond acceptors (Lipinski definition) is 4. The number of benzene rings is 2. The highest BCUT2D eigenvalue weighted by Gasteiger charge is 2.24. The Bertz CT molecular complexity index is 950. The van der Waals surface area contributed by atoms with Crippen LogP contribution in [0, 0.1) is 3.57 Å². The van der Waals surface area contributed by atoms with Crippen LogP contribution in [-0.2, 0) is 9.53 Å². The van der Waals surface area contributed by atoms with Crippen molar-refractivity contribution in [3.8, 4) is 5.75 Å². The maximum absolute atomic E-state index is 12.2. The predicted molar refractivity (Wildman–Crippen MR) is 125 cm³/mol. The Labute approximate surface area is 195 Å². The fourth-order valence-corrected chi connectivity index (χ4v) is 4.49. The van der Waals surface area contributed by atoms with Crippen LogP contribution in [0.5, 0.6) is 5.75 Å². The van der Waals surface area contributed by atoms with Crippen LogP contribution in [0.15, 0.2) is 54.4 Å². The lowest BCUT2D eigenvalue weighted by Gasteiger charge is -2.10. The molecule has 0 unspecified atom stereocenters. The number of aliphatic imine (C=N–C) groups is 1. The summed E-state index contributed by atoms with van der Waals surface area (Å²) in [6, 6.07) is 9.44. The van der Waals surface area contributed by atoms with Crippen LogP contribution in [0.25, 0.3) is 6.08 Å². The van der Waals surface area contributed by atoms with Crippen LogP contribution in [0.1, 0.15) is 24.5 Å². The molecule has 140 valence electrons. The molecular formula is C19H13Br3INO3. The molecule has 0 aromatic heterocycles. The third-order valence-corrected chi connectivity index (χ3v) is 7.08. The molecule has 3 rings (SSSR count). The summed E-state index contributed by atoms with van der Waals surface area (Å²) in [5, 5.41) is 0. The van der Waals surface area contributed by atoms with Gasteiger partial charge in [0, 0.05) is 13.6 Å². The van der Waals surface area contributed by atoms with Gasteiger partial charge >= 0.3 is 5.97 Å². The number of rotatable bonds is 5. The highest BCUT2D eigenvalue weighted by molar-refractivity contribution is 14.1. The van der Waals surface area contributed by atoms with E-state index in [0.717, 1.165) is 40.3 Å². The molecule has 1 heterocycles. The van der Waals surface area contributed by atoms with Crippen LogP contribution in [-0.4, -0.2) is 18.5 Å². The van der Waals surface area contributed by atoms with E-state index >= 15 is 0 Å². The first-order valence-corrected chi connectivity index (χ1v) is 11.4. The average molecular weight is 670 g/mol. The molecule has 2 aromatic carbocycles. The lowest BCUT2D eigenvalue weighted by molar-refractivity contribution is -0.129. The van der Waals surface area contributed by atoms with Crippen molar-refractivity contribution in [3.05, 3.63) is 64.1 Å². The molecule has 0 fully saturated rings. The van der Waals surface area contributed by atoms with E-state index in [9.17, 15) is 4.79 Å². The summed E-state index contributed by atoms with van der Waals surface area (Å²) in [5.41, 5.74) is 1.80. The van der Waals surface area contributed by atoms with Crippen molar-refractivity contribution in [3.63, 3.8) is 0 Å². The Hall–Kier alpha value is -0.710. The molecule has 27 heavy (non-hydrogen) atoms. The molecular weight excluding hydrogens is 657 g/mol. The van der Waals surface area contributed by atoms with Gasteiger partial charge in [0.2, 0.25) is 5.90 Å². The Balaban J connectivity index is 1.91. The van der Waals surface area contributed by atoms with Gasteiger partial charge in [0.25, 0.3) is 0 Å². The zero-order valence-corrected chi connectivity index (χ0v) is 21.0. The molecule has 2 aromatic rings. The van der Waals surface area contributed by atoms with Gasteiger partial charge < -0.3 is 9.47 Å². The number of hydrogen-bond donors (Lipinski definition) is 0. The highest BCUT2D eigenvalue weighted by Crippen LogP contribution is 2.36. The van der Waals surface area contributed by atoms with Gasteiger partial charge in [-0.3, -0.25) is 0 Å². The highest BCUT2D eigenvalue weighted by atomic mass is 127. The van der Waals surface area contributed by atoms with Gasteiger partial charge in [-0.25, -0.2) is 9.79 Å². The molecule has 0 aliphatic carbocycles. The minimum Gasteiger partial charge on any atom is -0.491 e. The van der Waals surface area contributed by atoms with E-state index in [1.165, 1.54) is 0 Å². The Morgan fingerprint density at radius 3 is 2.48 bits per heavy atom. The molecule has 0 saturated heterocycles. The minimum absolute atomic E-state index is 0.251. The summed E-state index contributed by atoms with van der Waals surface area (Å²) < 4.78 is 14.6. The summed E-state index contributed by atoms with van der Waals surface area (Å²) in [4.78, 5) is 16.6. The van der Waals surface area contributed by atoms with Crippen molar-refractivity contribution in [2.24, 2.45) is 4.99 Å². The number of nitrogens with zero attached hydrogens (tertiary/aromatic N) is 1. The lowest BCUT2D eigenvalue weighted by Crippen LogP contribution is -2.05. The first kappa shape index (κ1) is 21.0. The quantitative estimate of drug-likeness (QED) is 0.202. The molecule has 0 atom stereocenters. The summed E-state index contributed by atoms with van der Waals surface area (Å²) in [6.07, 6.45) is 2.61. The zero-order valence-electron chi connectivity index (χ0n) is 14.1. The van der Waals surface area contributed by atoms with E-state index in [1.54, 1.807) is 6.08 Å². The van der Waals surface area contributed by atoms with Crippen molar-refractivity contribution in [1.82, 2.24) is 0 Å². The van der Waals surface area contributed by atoms with Crippen LogP contribution >= 0.6 is 70.4 Å². The fraction of sp³-hybridized carbons (Fsp3) is 0.158. The minimum atomic E-state index is -0.474. The van der Waals surface area contributed by atoms with Crippen LogP contribution in [0.4, 0.5) is 0 Å². The SMILES string of the molecule is CCCOc1c(Br)cc(/C=C2\N=C(c3ccc(I)c(Br)c3)OC2=O)cc1Br. The maximum atomic E-state index is 12.2. The second-order valence-corrected chi connectivity index (χ2v) is 9.35. The molecule has 0 radical (unpaired) electrons. The molecule has 1 aliphatic rings. The van der Waals surface area contributed by atoms with Gasteiger partial charge in [0.15, 0.2) is 5.70 Å². The number of carbonyl (C=O) groups is 1. The average Bonchev–Trinajstić information content (AvgIpc) is 2.97. The van der Waals surface area contributed by atoms with Crippen molar-refractivity contribution < 1.29 is 14.3 Å². The largest absolute Gasteiger partial charge is 0.491 e. The van der Waals surface area contributed by atoms with E-state index in [2.05, 4.69) is 75.4 Å². The molecule has 4 nitrogen and oxygen atoms in total. The van der Waals surface area contributed by atoms with Gasteiger partial charge in [-0.15, -0.1) is 0 Å². The monoisotopic (exact) mass is 667 g/mol. The third kappa shape index (κ3) is 5.02. The normalized spacial score (nSPS) is 15.1. The smallest absolute Gasteiger partial charge is 0.363 e. The Kier molecular flexibility index (Phi) is 7.15. The van der Waals surface area contributed by atoms with Crippen molar-refractivity contribution in [2.75, 3.05) is 6.61 Å². The molecule has 1 aliphatic heterocycles. The van der Waals surface area contributed by atoms with Crippen LogP contribution in [0.3, 0.4) is 0 Å².